The molecule has 1 heterocycles. The van der Waals surface area contributed by atoms with E-state index in [9.17, 15) is 4.79 Å². The van der Waals surface area contributed by atoms with E-state index in [0.29, 0.717) is 11.4 Å². The molecule has 0 fully saturated rings. The van der Waals surface area contributed by atoms with E-state index in [1.54, 1.807) is 6.08 Å². The first-order valence-electron chi connectivity index (χ1n) is 8.03. The summed E-state index contributed by atoms with van der Waals surface area (Å²) in [5.74, 6) is -0.123. The maximum Gasteiger partial charge on any atom is 0.357 e. The van der Waals surface area contributed by atoms with Gasteiger partial charge in [0, 0.05) is 6.08 Å². The van der Waals surface area contributed by atoms with Gasteiger partial charge >= 0.3 is 5.97 Å². The molecule has 3 heteroatoms. The lowest BCUT2D eigenvalue weighted by molar-refractivity contribution is 0.0464. The highest BCUT2D eigenvalue weighted by Crippen LogP contribution is 2.28. The number of hydrogen-bond acceptors (Lipinski definition) is 3. The minimum atomic E-state index is -0.406. The monoisotopic (exact) mass is 321 g/mol. The van der Waals surface area contributed by atoms with Crippen LogP contribution in [0, 0.1) is 13.8 Å². The molecule has 0 aliphatic rings. The Morgan fingerprint density at radius 1 is 1.25 bits per heavy atom. The zero-order chi connectivity index (χ0) is 17.7. The van der Waals surface area contributed by atoms with Crippen molar-refractivity contribution in [3.8, 4) is 0 Å². The Morgan fingerprint density at radius 2 is 1.92 bits per heavy atom. The van der Waals surface area contributed by atoms with Gasteiger partial charge in [-0.15, -0.1) is 5.73 Å². The largest absolute Gasteiger partial charge is 0.456 e. The second kappa shape index (κ2) is 7.76. The zero-order valence-corrected chi connectivity index (χ0v) is 14.7. The van der Waals surface area contributed by atoms with Crippen LogP contribution < -0.4 is 0 Å². The molecule has 0 radical (unpaired) electrons. The highest BCUT2D eigenvalue weighted by atomic mass is 16.5. The van der Waals surface area contributed by atoms with E-state index in [0.717, 1.165) is 22.3 Å². The second-order valence-electron chi connectivity index (χ2n) is 6.07. The predicted molar refractivity (Wildman–Crippen MR) is 97.0 cm³/mol. The van der Waals surface area contributed by atoms with E-state index < -0.39 is 5.97 Å². The Balaban J connectivity index is 2.37. The number of rotatable bonds is 5. The van der Waals surface area contributed by atoms with Gasteiger partial charge in [0.15, 0.2) is 5.69 Å². The Morgan fingerprint density at radius 3 is 2.50 bits per heavy atom. The van der Waals surface area contributed by atoms with Crippen molar-refractivity contribution in [3.63, 3.8) is 0 Å². The number of ether oxygens (including phenoxy) is 1. The Labute approximate surface area is 143 Å². The molecule has 2 rings (SSSR count). The SMILES string of the molecule is C=C=Cc1nc(C(=O)OCc2ccccc2)c(C)c(C(C)C)c1C. The van der Waals surface area contributed by atoms with Crippen LogP contribution in [0.4, 0.5) is 0 Å². The lowest BCUT2D eigenvalue weighted by atomic mass is 9.91. The molecule has 2 aromatic rings. The first-order valence-corrected chi connectivity index (χ1v) is 8.03. The maximum atomic E-state index is 12.5. The molecule has 0 atom stereocenters. The molecule has 24 heavy (non-hydrogen) atoms. The van der Waals surface area contributed by atoms with Gasteiger partial charge in [0.2, 0.25) is 0 Å². The van der Waals surface area contributed by atoms with Crippen molar-refractivity contribution in [1.82, 2.24) is 4.98 Å². The first-order chi connectivity index (χ1) is 11.5. The van der Waals surface area contributed by atoms with Crippen molar-refractivity contribution in [2.45, 2.75) is 40.2 Å². The van der Waals surface area contributed by atoms with Gasteiger partial charge in [-0.25, -0.2) is 9.78 Å². The number of pyridine rings is 1. The first kappa shape index (κ1) is 17.7. The zero-order valence-electron chi connectivity index (χ0n) is 14.7. The fourth-order valence-electron chi connectivity index (χ4n) is 2.93. The smallest absolute Gasteiger partial charge is 0.357 e. The lowest BCUT2D eigenvalue weighted by Crippen LogP contribution is -2.14. The number of nitrogens with zero attached hydrogens (tertiary/aromatic N) is 1. The third-order valence-electron chi connectivity index (χ3n) is 4.00. The molecule has 0 amide bonds. The summed E-state index contributed by atoms with van der Waals surface area (Å²) in [6, 6.07) is 9.62. The molecule has 0 saturated carbocycles. The van der Waals surface area contributed by atoms with Crippen LogP contribution in [0.15, 0.2) is 42.6 Å². The summed E-state index contributed by atoms with van der Waals surface area (Å²) in [4.78, 5) is 17.0. The standard InChI is InChI=1S/C21H23NO2/c1-6-10-18-15(4)19(14(2)3)16(5)20(22-18)21(23)24-13-17-11-8-7-9-12-17/h7-12,14H,1,13H2,2-5H3. The van der Waals surface area contributed by atoms with Crippen molar-refractivity contribution < 1.29 is 9.53 Å². The molecular weight excluding hydrogens is 298 g/mol. The average molecular weight is 321 g/mol. The molecule has 0 saturated heterocycles. The minimum Gasteiger partial charge on any atom is -0.456 e. The number of esters is 1. The normalized spacial score (nSPS) is 10.4. The summed E-state index contributed by atoms with van der Waals surface area (Å²) in [7, 11) is 0. The summed E-state index contributed by atoms with van der Waals surface area (Å²) < 4.78 is 5.45. The Bertz CT molecular complexity index is 785. The number of aromatic nitrogens is 1. The van der Waals surface area contributed by atoms with Gasteiger partial charge in [-0.2, -0.15) is 0 Å². The third kappa shape index (κ3) is 3.81. The van der Waals surface area contributed by atoms with Crippen LogP contribution in [-0.4, -0.2) is 11.0 Å². The van der Waals surface area contributed by atoms with E-state index in [4.69, 9.17) is 4.74 Å². The van der Waals surface area contributed by atoms with E-state index in [1.807, 2.05) is 44.2 Å². The quantitative estimate of drug-likeness (QED) is 0.576. The molecule has 1 aromatic carbocycles. The highest BCUT2D eigenvalue weighted by molar-refractivity contribution is 5.90. The van der Waals surface area contributed by atoms with Gasteiger partial charge in [0.25, 0.3) is 0 Å². The highest BCUT2D eigenvalue weighted by Gasteiger charge is 2.21. The van der Waals surface area contributed by atoms with E-state index in [1.165, 1.54) is 0 Å². The van der Waals surface area contributed by atoms with E-state index in [-0.39, 0.29) is 12.5 Å². The number of carbonyl (C=O) groups excluding carboxylic acids is 1. The molecule has 3 nitrogen and oxygen atoms in total. The Kier molecular flexibility index (Phi) is 5.73. The summed E-state index contributed by atoms with van der Waals surface area (Å²) >= 11 is 0. The van der Waals surface area contributed by atoms with Crippen LogP contribution in [-0.2, 0) is 11.3 Å². The molecule has 0 N–H and O–H groups in total. The topological polar surface area (TPSA) is 39.2 Å². The Hall–Kier alpha value is -2.64. The number of benzene rings is 1. The van der Waals surface area contributed by atoms with Crippen molar-refractivity contribution in [2.75, 3.05) is 0 Å². The third-order valence-corrected chi connectivity index (χ3v) is 4.00. The van der Waals surface area contributed by atoms with Crippen LogP contribution in [0.1, 0.15) is 58.2 Å². The molecule has 0 aliphatic heterocycles. The fraction of sp³-hybridized carbons (Fsp3) is 0.286. The minimum absolute atomic E-state index is 0.234. The average Bonchev–Trinajstić information content (AvgIpc) is 2.56. The van der Waals surface area contributed by atoms with E-state index >= 15 is 0 Å². The fourth-order valence-corrected chi connectivity index (χ4v) is 2.93. The van der Waals surface area contributed by atoms with Crippen LogP contribution in [0.25, 0.3) is 6.08 Å². The molecule has 0 spiro atoms. The van der Waals surface area contributed by atoms with Crippen molar-refractivity contribution in [1.29, 1.82) is 0 Å². The van der Waals surface area contributed by atoms with Crippen LogP contribution in [0.5, 0.6) is 0 Å². The summed E-state index contributed by atoms with van der Waals surface area (Å²) in [6.45, 7) is 12.0. The molecule has 124 valence electrons. The van der Waals surface area contributed by atoms with Crippen LogP contribution in [0.2, 0.25) is 0 Å². The maximum absolute atomic E-state index is 12.5. The predicted octanol–water partition coefficient (Wildman–Crippen LogP) is 4.98. The molecule has 0 aliphatic carbocycles. The van der Waals surface area contributed by atoms with Gasteiger partial charge in [-0.05, 0) is 42.0 Å². The number of hydrogen-bond donors (Lipinski definition) is 0. The second-order valence-corrected chi connectivity index (χ2v) is 6.07. The summed E-state index contributed by atoms with van der Waals surface area (Å²) in [5, 5.41) is 0. The van der Waals surface area contributed by atoms with Crippen molar-refractivity contribution >= 4 is 12.0 Å². The van der Waals surface area contributed by atoms with Gasteiger partial charge in [0.1, 0.15) is 6.61 Å². The molecular formula is C21H23NO2. The van der Waals surface area contributed by atoms with Gasteiger partial charge in [-0.3, -0.25) is 0 Å². The van der Waals surface area contributed by atoms with Crippen LogP contribution in [0.3, 0.4) is 0 Å². The van der Waals surface area contributed by atoms with Gasteiger partial charge in [0.05, 0.1) is 5.69 Å². The van der Waals surface area contributed by atoms with Crippen molar-refractivity contribution in [2.24, 2.45) is 0 Å². The van der Waals surface area contributed by atoms with Crippen molar-refractivity contribution in [3.05, 3.63) is 76.3 Å². The molecule has 0 bridgehead atoms. The van der Waals surface area contributed by atoms with E-state index in [2.05, 4.69) is 31.1 Å². The molecule has 0 unspecified atom stereocenters. The number of carbonyl (C=O) groups is 1. The van der Waals surface area contributed by atoms with Gasteiger partial charge in [-0.1, -0.05) is 50.8 Å². The lowest BCUT2D eigenvalue weighted by Gasteiger charge is -2.18. The van der Waals surface area contributed by atoms with Gasteiger partial charge < -0.3 is 4.74 Å². The summed E-state index contributed by atoms with van der Waals surface area (Å²) in [5.41, 5.74) is 7.83. The molecule has 1 aromatic heterocycles. The van der Waals surface area contributed by atoms with Crippen LogP contribution >= 0.6 is 0 Å². The summed E-state index contributed by atoms with van der Waals surface area (Å²) in [6.07, 6.45) is 1.70.